The van der Waals surface area contributed by atoms with Crippen molar-refractivity contribution in [3.8, 4) is 0 Å². The number of H-pyrrole nitrogens is 1. The van der Waals surface area contributed by atoms with Gasteiger partial charge < -0.3 is 0 Å². The van der Waals surface area contributed by atoms with Crippen LogP contribution in [0.1, 0.15) is 12.6 Å². The molecule has 1 aromatic rings. The Labute approximate surface area is 47.4 Å². The fourth-order valence-corrected chi connectivity index (χ4v) is 0.462. The van der Waals surface area contributed by atoms with E-state index >= 15 is 0 Å². The molecule has 0 saturated carbocycles. The molecule has 3 nitrogen and oxygen atoms in total. The Kier molecular flexibility index (Phi) is 1.42. The molecular weight excluding hydrogens is 102 g/mol. The second-order valence-electron chi connectivity index (χ2n) is 1.39. The Morgan fingerprint density at radius 1 is 1.75 bits per heavy atom. The molecule has 0 spiro atoms. The smallest absolute Gasteiger partial charge is 0.105 e. The highest BCUT2D eigenvalue weighted by Gasteiger charge is 1.82. The van der Waals surface area contributed by atoms with Gasteiger partial charge in [-0.3, -0.25) is 0 Å². The maximum Gasteiger partial charge on any atom is 0.105 e. The molecule has 0 aliphatic heterocycles. The van der Waals surface area contributed by atoms with Gasteiger partial charge in [0, 0.05) is 0 Å². The summed E-state index contributed by atoms with van der Waals surface area (Å²) < 4.78 is 0. The van der Waals surface area contributed by atoms with Gasteiger partial charge in [0.05, 0.1) is 6.20 Å². The molecule has 0 saturated heterocycles. The molecule has 0 unspecified atom stereocenters. The van der Waals surface area contributed by atoms with Gasteiger partial charge in [-0.2, -0.15) is 15.4 Å². The number of nitrogens with zero attached hydrogens (tertiary/aromatic N) is 2. The third-order valence-corrected chi connectivity index (χ3v) is 0.771. The van der Waals surface area contributed by atoms with Gasteiger partial charge in [0.1, 0.15) is 5.69 Å². The molecular formula is C5H7N3. The normalized spacial score (nSPS) is 10.6. The molecule has 0 aliphatic carbocycles. The van der Waals surface area contributed by atoms with Crippen molar-refractivity contribution >= 4 is 6.08 Å². The molecule has 0 amide bonds. The van der Waals surface area contributed by atoms with Crippen LogP contribution in [0.25, 0.3) is 6.08 Å². The molecule has 8 heavy (non-hydrogen) atoms. The maximum atomic E-state index is 3.78. The van der Waals surface area contributed by atoms with Crippen LogP contribution in [0.15, 0.2) is 12.3 Å². The van der Waals surface area contributed by atoms with Gasteiger partial charge in [0.25, 0.3) is 0 Å². The number of allylic oxidation sites excluding steroid dienone is 1. The number of rotatable bonds is 1. The summed E-state index contributed by atoms with van der Waals surface area (Å²) in [6.45, 7) is 1.94. The van der Waals surface area contributed by atoms with Crippen molar-refractivity contribution in [3.05, 3.63) is 18.0 Å². The van der Waals surface area contributed by atoms with Gasteiger partial charge in [0.2, 0.25) is 0 Å². The van der Waals surface area contributed by atoms with Crippen molar-refractivity contribution in [2.24, 2.45) is 0 Å². The standard InChI is InChI=1S/C5H7N3/c1-2-3-5-4-6-8-7-5/h2-4H,1H3,(H,6,7,8). The van der Waals surface area contributed by atoms with Crippen LogP contribution in [0.5, 0.6) is 0 Å². The average Bonchev–Trinajstić information content (AvgIpc) is 2.19. The van der Waals surface area contributed by atoms with E-state index in [-0.39, 0.29) is 0 Å². The van der Waals surface area contributed by atoms with Crippen molar-refractivity contribution in [2.75, 3.05) is 0 Å². The summed E-state index contributed by atoms with van der Waals surface area (Å²) in [5.41, 5.74) is 0.868. The van der Waals surface area contributed by atoms with E-state index in [1.165, 1.54) is 0 Å². The molecule has 0 radical (unpaired) electrons. The first-order valence-corrected chi connectivity index (χ1v) is 2.42. The largest absolute Gasteiger partial charge is 0.197 e. The minimum atomic E-state index is 0.868. The Hall–Kier alpha value is -1.12. The van der Waals surface area contributed by atoms with Gasteiger partial charge >= 0.3 is 0 Å². The Bertz CT molecular complexity index is 164. The van der Waals surface area contributed by atoms with Crippen molar-refractivity contribution in [2.45, 2.75) is 6.92 Å². The summed E-state index contributed by atoms with van der Waals surface area (Å²) in [6, 6.07) is 0. The Morgan fingerprint density at radius 2 is 2.62 bits per heavy atom. The molecule has 1 heterocycles. The number of hydrogen-bond donors (Lipinski definition) is 1. The Morgan fingerprint density at radius 3 is 3.12 bits per heavy atom. The highest BCUT2D eigenvalue weighted by molar-refractivity contribution is 5.41. The van der Waals surface area contributed by atoms with Crippen LogP contribution in [0, 0.1) is 0 Å². The van der Waals surface area contributed by atoms with E-state index in [1.807, 2.05) is 19.1 Å². The number of aromatic amines is 1. The van der Waals surface area contributed by atoms with E-state index in [0.717, 1.165) is 5.69 Å². The van der Waals surface area contributed by atoms with E-state index in [0.29, 0.717) is 0 Å². The van der Waals surface area contributed by atoms with Crippen molar-refractivity contribution in [1.29, 1.82) is 0 Å². The second-order valence-corrected chi connectivity index (χ2v) is 1.39. The third-order valence-electron chi connectivity index (χ3n) is 0.771. The summed E-state index contributed by atoms with van der Waals surface area (Å²) in [6.07, 6.45) is 5.46. The zero-order valence-corrected chi connectivity index (χ0v) is 4.63. The molecule has 0 aliphatic rings. The summed E-state index contributed by atoms with van der Waals surface area (Å²) in [5, 5.41) is 9.90. The van der Waals surface area contributed by atoms with Crippen LogP contribution in [0.2, 0.25) is 0 Å². The lowest BCUT2D eigenvalue weighted by Crippen LogP contribution is -1.68. The van der Waals surface area contributed by atoms with Crippen molar-refractivity contribution < 1.29 is 0 Å². The average molecular weight is 109 g/mol. The van der Waals surface area contributed by atoms with Gasteiger partial charge in [-0.15, -0.1) is 0 Å². The van der Waals surface area contributed by atoms with E-state index in [1.54, 1.807) is 6.20 Å². The molecule has 1 rings (SSSR count). The highest BCUT2D eigenvalue weighted by Crippen LogP contribution is 1.89. The van der Waals surface area contributed by atoms with E-state index < -0.39 is 0 Å². The summed E-state index contributed by atoms with van der Waals surface area (Å²) in [7, 11) is 0. The van der Waals surface area contributed by atoms with Gasteiger partial charge in [-0.1, -0.05) is 6.08 Å². The van der Waals surface area contributed by atoms with Crippen LogP contribution in [0.3, 0.4) is 0 Å². The SMILES string of the molecule is CC=Cc1cn[nH]n1. The van der Waals surface area contributed by atoms with E-state index in [4.69, 9.17) is 0 Å². The highest BCUT2D eigenvalue weighted by atomic mass is 15.3. The first-order chi connectivity index (χ1) is 3.93. The Balaban J connectivity index is 2.77. The van der Waals surface area contributed by atoms with Crippen LogP contribution in [-0.4, -0.2) is 15.4 Å². The van der Waals surface area contributed by atoms with E-state index in [9.17, 15) is 0 Å². The van der Waals surface area contributed by atoms with Gasteiger partial charge in [0.15, 0.2) is 0 Å². The predicted octanol–water partition coefficient (Wildman–Crippen LogP) is 0.838. The van der Waals surface area contributed by atoms with Crippen LogP contribution in [0.4, 0.5) is 0 Å². The first kappa shape index (κ1) is 5.03. The second kappa shape index (κ2) is 2.26. The molecule has 0 aromatic carbocycles. The summed E-state index contributed by atoms with van der Waals surface area (Å²) >= 11 is 0. The molecule has 1 aromatic heterocycles. The fourth-order valence-electron chi connectivity index (χ4n) is 0.462. The van der Waals surface area contributed by atoms with Crippen molar-refractivity contribution in [1.82, 2.24) is 15.4 Å². The first-order valence-electron chi connectivity index (χ1n) is 2.42. The van der Waals surface area contributed by atoms with Crippen LogP contribution < -0.4 is 0 Å². The monoisotopic (exact) mass is 109 g/mol. The van der Waals surface area contributed by atoms with Gasteiger partial charge in [-0.05, 0) is 13.0 Å². The molecule has 3 heteroatoms. The molecule has 0 atom stereocenters. The summed E-state index contributed by atoms with van der Waals surface area (Å²) in [5.74, 6) is 0. The molecule has 0 bridgehead atoms. The van der Waals surface area contributed by atoms with Crippen LogP contribution in [-0.2, 0) is 0 Å². The van der Waals surface area contributed by atoms with E-state index in [2.05, 4.69) is 15.4 Å². The summed E-state index contributed by atoms with van der Waals surface area (Å²) in [4.78, 5) is 0. The minimum Gasteiger partial charge on any atom is -0.197 e. The van der Waals surface area contributed by atoms with Crippen LogP contribution >= 0.6 is 0 Å². The lowest BCUT2D eigenvalue weighted by atomic mass is 10.4. The minimum absolute atomic E-state index is 0.868. The predicted molar refractivity (Wildman–Crippen MR) is 31.1 cm³/mol. The number of nitrogens with one attached hydrogen (secondary N) is 1. The fraction of sp³-hybridized carbons (Fsp3) is 0.200. The zero-order chi connectivity index (χ0) is 5.82. The van der Waals surface area contributed by atoms with Crippen molar-refractivity contribution in [3.63, 3.8) is 0 Å². The molecule has 1 N–H and O–H groups in total. The quantitative estimate of drug-likeness (QED) is 0.580. The number of hydrogen-bond acceptors (Lipinski definition) is 2. The zero-order valence-electron chi connectivity index (χ0n) is 4.63. The third kappa shape index (κ3) is 0.932. The topological polar surface area (TPSA) is 41.6 Å². The van der Waals surface area contributed by atoms with Gasteiger partial charge in [-0.25, -0.2) is 0 Å². The lowest BCUT2D eigenvalue weighted by Gasteiger charge is -1.71. The maximum absolute atomic E-state index is 3.78. The lowest BCUT2D eigenvalue weighted by molar-refractivity contribution is 0.937. The molecule has 42 valence electrons. The molecule has 0 fully saturated rings. The number of aromatic nitrogens is 3.